The molecule has 2 fully saturated rings. The zero-order chi connectivity index (χ0) is 24.6. The lowest BCUT2D eigenvalue weighted by Crippen LogP contribution is -2.70. The Balaban J connectivity index is 1.59. The number of carbonyl (C=O) groups is 2. The number of rotatable bonds is 6. The average molecular weight is 505 g/mol. The maximum Gasteiger partial charge on any atom is 0.357 e. The van der Waals surface area contributed by atoms with Gasteiger partial charge in [0.15, 0.2) is 6.10 Å². The largest absolute Gasteiger partial charge is 0.449 e. The summed E-state index contributed by atoms with van der Waals surface area (Å²) in [4.78, 5) is 33.5. The highest BCUT2D eigenvalue weighted by Gasteiger charge is 2.73. The van der Waals surface area contributed by atoms with Gasteiger partial charge < -0.3 is 4.74 Å². The molecule has 0 radical (unpaired) electrons. The highest BCUT2D eigenvalue weighted by Crippen LogP contribution is 2.59. The fourth-order valence-corrected chi connectivity index (χ4v) is 6.63. The third kappa shape index (κ3) is 3.95. The minimum Gasteiger partial charge on any atom is -0.449 e. The number of nitrogens with zero attached hydrogens (tertiary/aromatic N) is 2. The van der Waals surface area contributed by atoms with Crippen molar-refractivity contribution in [3.05, 3.63) is 108 Å². The molecule has 1 amide bonds. The first-order valence-electron chi connectivity index (χ1n) is 11.4. The van der Waals surface area contributed by atoms with Crippen LogP contribution in [0.15, 0.2) is 96.0 Å². The number of β-lactam (4-membered cyclic amide) rings is 1. The highest BCUT2D eigenvalue weighted by molar-refractivity contribution is 8.01. The molecule has 0 unspecified atom stereocenters. The quantitative estimate of drug-likeness (QED) is 0.194. The molecule has 0 spiro atoms. The predicted molar refractivity (Wildman–Crippen MR) is 140 cm³/mol. The number of hydrogen-bond donors (Lipinski definition) is 0. The number of thioether (sulfide) groups is 1. The number of hydrogen-bond acceptors (Lipinski definition) is 5. The fourth-order valence-electron chi connectivity index (χ4n) is 4.65. The number of halogens is 1. The SMILES string of the molecule is CC1(C)S[C@@H]2[C@H](Cl)C(=O)N2[C@@]1(N=Cc1ccccc1)C(=O)OC(c1ccccc1)c1ccccc1. The molecular formula is C28H25ClN2O3S. The van der Waals surface area contributed by atoms with E-state index in [1.54, 1.807) is 6.21 Å². The summed E-state index contributed by atoms with van der Waals surface area (Å²) in [7, 11) is 0. The van der Waals surface area contributed by atoms with E-state index < -0.39 is 27.9 Å². The lowest BCUT2D eigenvalue weighted by Gasteiger charge is -2.46. The van der Waals surface area contributed by atoms with Gasteiger partial charge in [0.2, 0.25) is 11.6 Å². The van der Waals surface area contributed by atoms with Gasteiger partial charge in [0, 0.05) is 6.21 Å². The van der Waals surface area contributed by atoms with Crippen LogP contribution in [0.25, 0.3) is 0 Å². The molecule has 35 heavy (non-hydrogen) atoms. The van der Waals surface area contributed by atoms with Gasteiger partial charge in [-0.05, 0) is 30.5 Å². The Labute approximate surface area is 214 Å². The molecule has 0 bridgehead atoms. The van der Waals surface area contributed by atoms with Crippen molar-refractivity contribution in [2.24, 2.45) is 4.99 Å². The number of ether oxygens (including phenoxy) is 1. The molecule has 2 aliphatic rings. The van der Waals surface area contributed by atoms with Gasteiger partial charge in [0.25, 0.3) is 0 Å². The maximum absolute atomic E-state index is 14.2. The van der Waals surface area contributed by atoms with Crippen molar-refractivity contribution < 1.29 is 14.3 Å². The number of benzene rings is 3. The molecule has 5 nitrogen and oxygen atoms in total. The van der Waals surface area contributed by atoms with E-state index in [0.717, 1.165) is 16.7 Å². The first-order chi connectivity index (χ1) is 16.8. The van der Waals surface area contributed by atoms with E-state index in [1.165, 1.54) is 16.7 Å². The Morgan fingerprint density at radius 3 is 2.03 bits per heavy atom. The van der Waals surface area contributed by atoms with Crippen LogP contribution in [0.2, 0.25) is 0 Å². The molecule has 0 aromatic heterocycles. The summed E-state index contributed by atoms with van der Waals surface area (Å²) in [6, 6.07) is 28.7. The molecule has 7 heteroatoms. The van der Waals surface area contributed by atoms with Crippen LogP contribution in [0.3, 0.4) is 0 Å². The molecule has 2 aliphatic heterocycles. The zero-order valence-corrected chi connectivity index (χ0v) is 20.9. The van der Waals surface area contributed by atoms with Gasteiger partial charge >= 0.3 is 5.97 Å². The van der Waals surface area contributed by atoms with Crippen molar-refractivity contribution >= 4 is 41.5 Å². The molecule has 2 saturated heterocycles. The minimum absolute atomic E-state index is 0.312. The second-order valence-corrected chi connectivity index (χ2v) is 11.3. The molecular weight excluding hydrogens is 480 g/mol. The normalized spacial score (nSPS) is 24.9. The summed E-state index contributed by atoms with van der Waals surface area (Å²) >= 11 is 7.84. The van der Waals surface area contributed by atoms with E-state index >= 15 is 0 Å². The van der Waals surface area contributed by atoms with Crippen LogP contribution in [0.5, 0.6) is 0 Å². The van der Waals surface area contributed by atoms with Crippen LogP contribution < -0.4 is 0 Å². The Bertz CT molecular complexity index is 1210. The average Bonchev–Trinajstić information content (AvgIpc) is 3.12. The standard InChI is InChI=1S/C28H25ClN2O3S/c1-27(2)28(30-18-19-12-6-3-7-13-19,31-24(32)22(29)25(31)35-27)26(33)34-23(20-14-8-4-9-15-20)21-16-10-5-11-17-21/h3-18,22-23,25H,1-2H3/t22-,25-,28+/m1/s1. The van der Waals surface area contributed by atoms with E-state index in [-0.39, 0.29) is 11.3 Å². The number of carbonyl (C=O) groups excluding carboxylic acids is 2. The lowest BCUT2D eigenvalue weighted by molar-refractivity contribution is -0.174. The zero-order valence-electron chi connectivity index (χ0n) is 19.4. The van der Waals surface area contributed by atoms with Crippen LogP contribution in [0.1, 0.15) is 36.6 Å². The first kappa shape index (κ1) is 23.6. The maximum atomic E-state index is 14.2. The summed E-state index contributed by atoms with van der Waals surface area (Å²) in [5.74, 6) is -0.896. The Hall–Kier alpha value is -3.09. The first-order valence-corrected chi connectivity index (χ1v) is 12.7. The smallest absolute Gasteiger partial charge is 0.357 e. The molecule has 0 saturated carbocycles. The van der Waals surface area contributed by atoms with Gasteiger partial charge in [0.1, 0.15) is 10.8 Å². The molecule has 178 valence electrons. The van der Waals surface area contributed by atoms with Gasteiger partial charge in [-0.25, -0.2) is 4.79 Å². The number of alkyl halides is 1. The molecule has 2 heterocycles. The predicted octanol–water partition coefficient (Wildman–Crippen LogP) is 5.44. The minimum atomic E-state index is -1.57. The molecule has 0 N–H and O–H groups in total. The van der Waals surface area contributed by atoms with Crippen molar-refractivity contribution in [3.63, 3.8) is 0 Å². The number of aliphatic imine (C=N–C) groups is 1. The highest BCUT2D eigenvalue weighted by atomic mass is 35.5. The summed E-state index contributed by atoms with van der Waals surface area (Å²) in [6.45, 7) is 3.83. The molecule has 0 aliphatic carbocycles. The summed E-state index contributed by atoms with van der Waals surface area (Å²) in [5.41, 5.74) is 0.920. The van der Waals surface area contributed by atoms with Crippen molar-refractivity contribution in [2.75, 3.05) is 0 Å². The van der Waals surface area contributed by atoms with Crippen LogP contribution in [-0.2, 0) is 14.3 Å². The summed E-state index contributed by atoms with van der Waals surface area (Å²) in [6.07, 6.45) is 0.984. The van der Waals surface area contributed by atoms with E-state index in [9.17, 15) is 9.59 Å². The molecule has 3 aromatic carbocycles. The van der Waals surface area contributed by atoms with Crippen molar-refractivity contribution in [2.45, 2.75) is 41.1 Å². The number of amides is 1. The van der Waals surface area contributed by atoms with Crippen LogP contribution in [0.4, 0.5) is 0 Å². The second kappa shape index (κ2) is 9.17. The second-order valence-electron chi connectivity index (χ2n) is 9.08. The van der Waals surface area contributed by atoms with Crippen LogP contribution >= 0.6 is 23.4 Å². The topological polar surface area (TPSA) is 59.0 Å². The van der Waals surface area contributed by atoms with E-state index in [0.29, 0.717) is 0 Å². The van der Waals surface area contributed by atoms with E-state index in [1.807, 2.05) is 105 Å². The summed E-state index contributed by atoms with van der Waals surface area (Å²) in [5, 5.41) is -1.05. The summed E-state index contributed by atoms with van der Waals surface area (Å²) < 4.78 is 5.49. The molecule has 3 atom stereocenters. The van der Waals surface area contributed by atoms with Crippen molar-refractivity contribution in [1.29, 1.82) is 0 Å². The van der Waals surface area contributed by atoms with Crippen molar-refractivity contribution in [3.8, 4) is 0 Å². The fraction of sp³-hybridized carbons (Fsp3) is 0.250. The van der Waals surface area contributed by atoms with Crippen LogP contribution in [0, 0.1) is 0 Å². The number of fused-ring (bicyclic) bond motifs is 1. The Morgan fingerprint density at radius 1 is 0.971 bits per heavy atom. The Morgan fingerprint density at radius 2 is 1.49 bits per heavy atom. The lowest BCUT2D eigenvalue weighted by atomic mass is 9.90. The molecule has 5 rings (SSSR count). The van der Waals surface area contributed by atoms with Gasteiger partial charge in [-0.3, -0.25) is 14.7 Å². The van der Waals surface area contributed by atoms with Gasteiger partial charge in [0.05, 0.1) is 4.75 Å². The van der Waals surface area contributed by atoms with E-state index in [4.69, 9.17) is 21.3 Å². The number of esters is 1. The third-order valence-electron chi connectivity index (χ3n) is 6.50. The van der Waals surface area contributed by atoms with E-state index in [2.05, 4.69) is 0 Å². The van der Waals surface area contributed by atoms with Gasteiger partial charge in [-0.1, -0.05) is 91.0 Å². The van der Waals surface area contributed by atoms with Gasteiger partial charge in [-0.2, -0.15) is 0 Å². The molecule has 3 aromatic rings. The van der Waals surface area contributed by atoms with Gasteiger partial charge in [-0.15, -0.1) is 23.4 Å². The monoisotopic (exact) mass is 504 g/mol. The Kier molecular flexibility index (Phi) is 6.20. The third-order valence-corrected chi connectivity index (χ3v) is 8.67. The van der Waals surface area contributed by atoms with Crippen molar-refractivity contribution in [1.82, 2.24) is 4.90 Å². The van der Waals surface area contributed by atoms with Crippen LogP contribution in [-0.4, -0.2) is 44.2 Å².